The van der Waals surface area contributed by atoms with Crippen molar-refractivity contribution >= 4 is 48.9 Å². The van der Waals surface area contributed by atoms with Crippen molar-refractivity contribution in [3.05, 3.63) is 12.4 Å². The Kier molecular flexibility index (Phi) is 7.21. The van der Waals surface area contributed by atoms with Gasteiger partial charge in [-0.25, -0.2) is 46.1 Å². The lowest BCUT2D eigenvalue weighted by Gasteiger charge is -2.34. The Morgan fingerprint density at radius 3 is 2.10 bits per heavy atom. The average molecular weight is 608 g/mol. The predicted octanol–water partition coefficient (Wildman–Crippen LogP) is -1.01. The van der Waals surface area contributed by atoms with Gasteiger partial charge >= 0.3 is 0 Å². The first-order valence-electron chi connectivity index (χ1n) is 13.3. The van der Waals surface area contributed by atoms with E-state index in [0.717, 1.165) is 0 Å². The molecule has 41 heavy (non-hydrogen) atoms. The van der Waals surface area contributed by atoms with E-state index in [1.165, 1.54) is 21.1 Å². The number of ether oxygens (including phenoxy) is 1. The number of nitrogen functional groups attached to an aromatic ring is 1. The lowest BCUT2D eigenvalue weighted by molar-refractivity contribution is 0.122. The van der Waals surface area contributed by atoms with Crippen LogP contribution in [-0.2, 0) is 24.8 Å². The smallest absolute Gasteiger partial charge is 0.219 e. The molecule has 6 heterocycles. The van der Waals surface area contributed by atoms with E-state index in [-0.39, 0.29) is 18.5 Å². The van der Waals surface area contributed by atoms with Crippen molar-refractivity contribution in [3.8, 4) is 11.4 Å². The molecule has 3 aliphatic rings. The Morgan fingerprint density at radius 2 is 1.49 bits per heavy atom. The van der Waals surface area contributed by atoms with Gasteiger partial charge in [-0.05, 0) is 6.42 Å². The zero-order valence-corrected chi connectivity index (χ0v) is 24.6. The van der Waals surface area contributed by atoms with Crippen molar-refractivity contribution in [1.82, 2.24) is 38.1 Å². The number of anilines is 3. The van der Waals surface area contributed by atoms with Crippen LogP contribution in [0.4, 0.5) is 17.7 Å². The normalized spacial score (nSPS) is 21.7. The van der Waals surface area contributed by atoms with Gasteiger partial charge in [-0.2, -0.15) is 4.31 Å². The summed E-state index contributed by atoms with van der Waals surface area (Å²) in [6.45, 7) is 4.46. The summed E-state index contributed by atoms with van der Waals surface area (Å²) in [6, 6.07) is -0.236. The van der Waals surface area contributed by atoms with Crippen molar-refractivity contribution in [3.63, 3.8) is 0 Å². The molecular weight excluding hydrogens is 574 g/mol. The molecule has 1 atom stereocenters. The first-order chi connectivity index (χ1) is 19.5. The molecule has 16 nitrogen and oxygen atoms in total. The van der Waals surface area contributed by atoms with Crippen molar-refractivity contribution < 1.29 is 21.6 Å². The number of hydrogen-bond acceptors (Lipinski definition) is 13. The van der Waals surface area contributed by atoms with E-state index in [9.17, 15) is 16.8 Å². The minimum Gasteiger partial charge on any atom is -0.378 e. The molecule has 0 spiro atoms. The minimum absolute atomic E-state index is 0.135. The number of fused-ring (bicyclic) bond motifs is 1. The number of rotatable bonds is 6. The molecular formula is C23H33N11O5S2. The molecule has 0 aromatic carbocycles. The third-order valence-electron chi connectivity index (χ3n) is 7.69. The molecule has 0 amide bonds. The van der Waals surface area contributed by atoms with Crippen LogP contribution in [-0.4, -0.2) is 133 Å². The minimum atomic E-state index is -3.39. The van der Waals surface area contributed by atoms with Crippen molar-refractivity contribution in [2.45, 2.75) is 12.5 Å². The van der Waals surface area contributed by atoms with Gasteiger partial charge in [-0.1, -0.05) is 0 Å². The van der Waals surface area contributed by atoms with E-state index >= 15 is 0 Å². The molecule has 3 saturated heterocycles. The summed E-state index contributed by atoms with van der Waals surface area (Å²) in [5.41, 5.74) is 7.45. The maximum absolute atomic E-state index is 12.4. The summed E-state index contributed by atoms with van der Waals surface area (Å²) in [5, 5.41) is 0. The summed E-state index contributed by atoms with van der Waals surface area (Å²) >= 11 is 0. The fourth-order valence-corrected chi connectivity index (χ4v) is 7.23. The van der Waals surface area contributed by atoms with Crippen LogP contribution in [0.1, 0.15) is 12.5 Å². The molecule has 6 rings (SSSR count). The quantitative estimate of drug-likeness (QED) is 0.360. The number of aromatic nitrogens is 6. The van der Waals surface area contributed by atoms with Crippen LogP contribution in [0.3, 0.4) is 0 Å². The maximum Gasteiger partial charge on any atom is 0.219 e. The highest BCUT2D eigenvalue weighted by atomic mass is 32.2. The molecule has 0 aliphatic carbocycles. The lowest BCUT2D eigenvalue weighted by Crippen LogP contribution is -2.49. The number of nitrogens with zero attached hydrogens (tertiary/aromatic N) is 10. The van der Waals surface area contributed by atoms with Gasteiger partial charge in [-0.15, -0.1) is 0 Å². The van der Waals surface area contributed by atoms with Crippen LogP contribution >= 0.6 is 0 Å². The van der Waals surface area contributed by atoms with E-state index in [1.54, 1.807) is 12.4 Å². The standard InChI is InChI=1S/C23H33N11O5S2/c1-40(35,36)32-7-5-31(6-8-32)23-27-18-20(30-9-11-39-12-10-30)28-19(16-13-25-22(24)26-14-16)29-21(18)34(23)17-3-4-33(15-17)41(2,37)38/h13-14,17H,3-12,15H2,1-2H3,(H2,24,25,26)/t17-/m0/s1. The maximum atomic E-state index is 12.4. The number of nitrogens with two attached hydrogens (primary N) is 1. The molecule has 222 valence electrons. The summed E-state index contributed by atoms with van der Waals surface area (Å²) < 4.78 is 59.7. The lowest BCUT2D eigenvalue weighted by atomic mass is 10.2. The van der Waals surface area contributed by atoms with Crippen LogP contribution in [0.5, 0.6) is 0 Å². The second kappa shape index (κ2) is 10.6. The van der Waals surface area contributed by atoms with Crippen LogP contribution in [0.25, 0.3) is 22.6 Å². The highest BCUT2D eigenvalue weighted by molar-refractivity contribution is 7.88. The molecule has 3 aliphatic heterocycles. The number of sulfonamides is 2. The van der Waals surface area contributed by atoms with Crippen molar-refractivity contribution in [2.24, 2.45) is 0 Å². The van der Waals surface area contributed by atoms with E-state index in [0.29, 0.717) is 99.8 Å². The third kappa shape index (κ3) is 5.53. The van der Waals surface area contributed by atoms with Gasteiger partial charge < -0.3 is 20.3 Å². The van der Waals surface area contributed by atoms with E-state index in [2.05, 4.69) is 14.9 Å². The van der Waals surface area contributed by atoms with Crippen LogP contribution in [0, 0.1) is 0 Å². The Labute approximate surface area is 238 Å². The molecule has 3 fully saturated rings. The monoisotopic (exact) mass is 607 g/mol. The molecule has 18 heteroatoms. The fraction of sp³-hybridized carbons (Fsp3) is 0.609. The number of piperazine rings is 1. The van der Waals surface area contributed by atoms with Crippen LogP contribution in [0.15, 0.2) is 12.4 Å². The van der Waals surface area contributed by atoms with E-state index in [4.69, 9.17) is 25.4 Å². The first kappa shape index (κ1) is 28.0. The Bertz CT molecular complexity index is 1650. The van der Waals surface area contributed by atoms with Gasteiger partial charge in [0.2, 0.25) is 31.9 Å². The van der Waals surface area contributed by atoms with Gasteiger partial charge in [0.05, 0.1) is 37.3 Å². The highest BCUT2D eigenvalue weighted by Gasteiger charge is 2.36. The Balaban J connectivity index is 1.51. The second-order valence-electron chi connectivity index (χ2n) is 10.5. The van der Waals surface area contributed by atoms with E-state index < -0.39 is 20.0 Å². The van der Waals surface area contributed by atoms with Crippen LogP contribution in [0.2, 0.25) is 0 Å². The van der Waals surface area contributed by atoms with E-state index in [1.807, 2.05) is 9.47 Å². The zero-order valence-electron chi connectivity index (χ0n) is 22.9. The summed E-state index contributed by atoms with van der Waals surface area (Å²) in [5.74, 6) is 1.78. The summed E-state index contributed by atoms with van der Waals surface area (Å²) in [6.07, 6.45) is 6.14. The first-order valence-corrected chi connectivity index (χ1v) is 17.0. The average Bonchev–Trinajstić information content (AvgIpc) is 3.58. The molecule has 0 bridgehead atoms. The van der Waals surface area contributed by atoms with Crippen molar-refractivity contribution in [2.75, 3.05) is 93.6 Å². The Hall–Kier alpha value is -3.19. The topological polar surface area (TPSA) is 186 Å². The molecule has 2 N–H and O–H groups in total. The molecule has 0 unspecified atom stereocenters. The van der Waals surface area contributed by atoms with Crippen molar-refractivity contribution in [1.29, 1.82) is 0 Å². The SMILES string of the molecule is CS(=O)(=O)N1CCN(c2nc3c(N4CCOCC4)nc(-c4cnc(N)nc4)nc3n2[C@H]2CCN(S(C)(=O)=O)C2)CC1. The predicted molar refractivity (Wildman–Crippen MR) is 152 cm³/mol. The highest BCUT2D eigenvalue weighted by Crippen LogP contribution is 2.37. The molecule has 0 saturated carbocycles. The van der Waals surface area contributed by atoms with Gasteiger partial charge in [0.1, 0.15) is 0 Å². The Morgan fingerprint density at radius 1 is 0.829 bits per heavy atom. The number of morpholine rings is 1. The van der Waals surface area contributed by atoms with Gasteiger partial charge in [0.15, 0.2) is 22.8 Å². The van der Waals surface area contributed by atoms with Gasteiger partial charge in [-0.3, -0.25) is 4.57 Å². The number of hydrogen-bond donors (Lipinski definition) is 1. The van der Waals surface area contributed by atoms with Gasteiger partial charge in [0.25, 0.3) is 0 Å². The van der Waals surface area contributed by atoms with Gasteiger partial charge in [0, 0.05) is 64.8 Å². The fourth-order valence-electron chi connectivity index (χ4n) is 5.53. The molecule has 3 aromatic heterocycles. The zero-order chi connectivity index (χ0) is 28.9. The largest absolute Gasteiger partial charge is 0.378 e. The third-order valence-corrected chi connectivity index (χ3v) is 10.3. The second-order valence-corrected chi connectivity index (χ2v) is 14.4. The summed E-state index contributed by atoms with van der Waals surface area (Å²) in [7, 11) is -6.71. The number of imidazole rings is 1. The van der Waals surface area contributed by atoms with Crippen LogP contribution < -0.4 is 15.5 Å². The molecule has 0 radical (unpaired) electrons. The summed E-state index contributed by atoms with van der Waals surface area (Å²) in [4.78, 5) is 27.3. The molecule has 3 aromatic rings.